The minimum atomic E-state index is 0.849. The van der Waals surface area contributed by atoms with Crippen LogP contribution in [0.2, 0.25) is 0 Å². The molecule has 1 saturated carbocycles. The normalized spacial score (nSPS) is 21.6. The third-order valence-electron chi connectivity index (χ3n) is 4.07. The molecule has 2 aromatic rings. The lowest BCUT2D eigenvalue weighted by molar-refractivity contribution is 0.719. The minimum Gasteiger partial charge on any atom is -0.359 e. The van der Waals surface area contributed by atoms with E-state index in [0.717, 1.165) is 35.0 Å². The topological polar surface area (TPSA) is 16.1 Å². The van der Waals surface area contributed by atoms with Crippen LogP contribution in [0.25, 0.3) is 10.9 Å². The highest BCUT2D eigenvalue weighted by Crippen LogP contribution is 2.39. The second kappa shape index (κ2) is 5.12. The maximum Gasteiger partial charge on any atom is 0.133 e. The highest BCUT2D eigenvalue weighted by Gasteiger charge is 2.33. The van der Waals surface area contributed by atoms with Crippen molar-refractivity contribution in [1.29, 1.82) is 0 Å². The minimum absolute atomic E-state index is 0.849. The number of halogens is 1. The molecule has 2 unspecified atom stereocenters. The van der Waals surface area contributed by atoms with Crippen LogP contribution in [-0.2, 0) is 5.33 Å². The molecule has 1 aromatic heterocycles. The van der Waals surface area contributed by atoms with Crippen molar-refractivity contribution in [3.05, 3.63) is 35.9 Å². The summed E-state index contributed by atoms with van der Waals surface area (Å²) in [6.07, 6.45) is 1.36. The summed E-state index contributed by atoms with van der Waals surface area (Å²) >= 11 is 3.59. The summed E-state index contributed by atoms with van der Waals surface area (Å²) in [5, 5.41) is 2.07. The SMILES string of the molecule is CC1CC1CN(C)c1nc2ccccc2cc1CBr. The summed E-state index contributed by atoms with van der Waals surface area (Å²) in [5.74, 6) is 2.85. The summed E-state index contributed by atoms with van der Waals surface area (Å²) < 4.78 is 0. The van der Waals surface area contributed by atoms with Crippen molar-refractivity contribution in [1.82, 2.24) is 4.98 Å². The molecule has 100 valence electrons. The Bertz CT molecular complexity index is 596. The van der Waals surface area contributed by atoms with Gasteiger partial charge in [0.15, 0.2) is 0 Å². The molecular formula is C16H19BrN2. The van der Waals surface area contributed by atoms with Crippen LogP contribution in [0.1, 0.15) is 18.9 Å². The molecule has 1 fully saturated rings. The van der Waals surface area contributed by atoms with Crippen LogP contribution in [-0.4, -0.2) is 18.6 Å². The first-order valence-corrected chi connectivity index (χ1v) is 7.97. The fourth-order valence-electron chi connectivity index (χ4n) is 2.67. The standard InChI is InChI=1S/C16H19BrN2/c1-11-7-14(11)10-19(2)16-13(9-17)8-12-5-3-4-6-15(12)18-16/h3-6,8,11,14H,7,9-10H2,1-2H3. The van der Waals surface area contributed by atoms with Crippen molar-refractivity contribution >= 4 is 32.7 Å². The van der Waals surface area contributed by atoms with Crippen molar-refractivity contribution in [2.75, 3.05) is 18.5 Å². The molecule has 3 heteroatoms. The van der Waals surface area contributed by atoms with Crippen molar-refractivity contribution < 1.29 is 0 Å². The molecule has 3 rings (SSSR count). The molecule has 0 spiro atoms. The lowest BCUT2D eigenvalue weighted by atomic mass is 10.1. The number of fused-ring (bicyclic) bond motifs is 1. The van der Waals surface area contributed by atoms with Crippen molar-refractivity contribution in [3.8, 4) is 0 Å². The Balaban J connectivity index is 1.95. The van der Waals surface area contributed by atoms with E-state index in [1.807, 2.05) is 0 Å². The Hall–Kier alpha value is -1.09. The first-order chi connectivity index (χ1) is 9.19. The lowest BCUT2D eigenvalue weighted by Gasteiger charge is -2.21. The first-order valence-electron chi connectivity index (χ1n) is 6.85. The van der Waals surface area contributed by atoms with Gasteiger partial charge in [-0.2, -0.15) is 0 Å². The number of benzene rings is 1. The number of hydrogen-bond donors (Lipinski definition) is 0. The van der Waals surface area contributed by atoms with Gasteiger partial charge in [0.05, 0.1) is 5.52 Å². The van der Waals surface area contributed by atoms with Gasteiger partial charge in [0.2, 0.25) is 0 Å². The van der Waals surface area contributed by atoms with Gasteiger partial charge in [-0.05, 0) is 30.4 Å². The summed E-state index contributed by atoms with van der Waals surface area (Å²) in [7, 11) is 2.16. The van der Waals surface area contributed by atoms with Crippen LogP contribution in [0.4, 0.5) is 5.82 Å². The highest BCUT2D eigenvalue weighted by atomic mass is 79.9. The zero-order valence-corrected chi connectivity index (χ0v) is 13.0. The molecule has 0 saturated heterocycles. The predicted octanol–water partition coefficient (Wildman–Crippen LogP) is 4.22. The van der Waals surface area contributed by atoms with E-state index in [9.17, 15) is 0 Å². The summed E-state index contributed by atoms with van der Waals surface area (Å²) in [5.41, 5.74) is 2.35. The third kappa shape index (κ3) is 2.62. The zero-order chi connectivity index (χ0) is 13.4. The third-order valence-corrected chi connectivity index (χ3v) is 4.67. The maximum atomic E-state index is 4.85. The molecule has 0 amide bonds. The van der Waals surface area contributed by atoms with Gasteiger partial charge in [0.1, 0.15) is 5.82 Å². The summed E-state index contributed by atoms with van der Waals surface area (Å²) in [6, 6.07) is 10.6. The largest absolute Gasteiger partial charge is 0.359 e. The molecule has 1 aromatic carbocycles. The second-order valence-corrected chi connectivity index (χ2v) is 6.21. The molecule has 19 heavy (non-hydrogen) atoms. The molecule has 2 atom stereocenters. The molecule has 0 radical (unpaired) electrons. The number of nitrogens with zero attached hydrogens (tertiary/aromatic N) is 2. The van der Waals surface area contributed by atoms with Crippen molar-refractivity contribution in [2.24, 2.45) is 11.8 Å². The van der Waals surface area contributed by atoms with Crippen LogP contribution >= 0.6 is 15.9 Å². The van der Waals surface area contributed by atoms with Crippen molar-refractivity contribution in [3.63, 3.8) is 0 Å². The summed E-state index contributed by atoms with van der Waals surface area (Å²) in [6.45, 7) is 3.45. The Kier molecular flexibility index (Phi) is 3.48. The fraction of sp³-hybridized carbons (Fsp3) is 0.438. The molecule has 0 bridgehead atoms. The van der Waals surface area contributed by atoms with E-state index in [2.05, 4.69) is 65.1 Å². The lowest BCUT2D eigenvalue weighted by Crippen LogP contribution is -2.23. The van der Waals surface area contributed by atoms with Gasteiger partial charge in [-0.1, -0.05) is 41.1 Å². The number of alkyl halides is 1. The first kappa shape index (κ1) is 12.9. The van der Waals surface area contributed by atoms with E-state index < -0.39 is 0 Å². The Labute approximate surface area is 123 Å². The van der Waals surface area contributed by atoms with Gasteiger partial charge < -0.3 is 4.90 Å². The van der Waals surface area contributed by atoms with Crippen LogP contribution in [0.3, 0.4) is 0 Å². The van der Waals surface area contributed by atoms with E-state index in [1.54, 1.807) is 0 Å². The average Bonchev–Trinajstić information content (AvgIpc) is 3.12. The highest BCUT2D eigenvalue weighted by molar-refractivity contribution is 9.08. The number of aromatic nitrogens is 1. The summed E-state index contributed by atoms with van der Waals surface area (Å²) in [4.78, 5) is 7.16. The molecule has 1 aliphatic rings. The average molecular weight is 319 g/mol. The van der Waals surface area contributed by atoms with E-state index >= 15 is 0 Å². The molecule has 0 aliphatic heterocycles. The smallest absolute Gasteiger partial charge is 0.133 e. The van der Waals surface area contributed by atoms with E-state index in [4.69, 9.17) is 4.98 Å². The molecule has 0 N–H and O–H groups in total. The number of anilines is 1. The monoisotopic (exact) mass is 318 g/mol. The van der Waals surface area contributed by atoms with Gasteiger partial charge in [0.25, 0.3) is 0 Å². The van der Waals surface area contributed by atoms with Crippen LogP contribution < -0.4 is 4.90 Å². The Morgan fingerprint density at radius 1 is 1.37 bits per heavy atom. The van der Waals surface area contributed by atoms with Gasteiger partial charge in [-0.3, -0.25) is 0 Å². The molecule has 1 heterocycles. The molecule has 2 nitrogen and oxygen atoms in total. The van der Waals surface area contributed by atoms with Gasteiger partial charge in [-0.25, -0.2) is 4.98 Å². The predicted molar refractivity (Wildman–Crippen MR) is 84.9 cm³/mol. The second-order valence-electron chi connectivity index (χ2n) is 5.65. The van der Waals surface area contributed by atoms with Gasteiger partial charge in [-0.15, -0.1) is 0 Å². The van der Waals surface area contributed by atoms with Crippen LogP contribution in [0, 0.1) is 11.8 Å². The number of pyridine rings is 1. The Morgan fingerprint density at radius 3 is 2.79 bits per heavy atom. The number of hydrogen-bond acceptors (Lipinski definition) is 2. The van der Waals surface area contributed by atoms with Crippen LogP contribution in [0.5, 0.6) is 0 Å². The van der Waals surface area contributed by atoms with Gasteiger partial charge >= 0.3 is 0 Å². The Morgan fingerprint density at radius 2 is 2.11 bits per heavy atom. The van der Waals surface area contributed by atoms with E-state index in [0.29, 0.717) is 0 Å². The van der Waals surface area contributed by atoms with E-state index in [1.165, 1.54) is 17.4 Å². The van der Waals surface area contributed by atoms with Crippen LogP contribution in [0.15, 0.2) is 30.3 Å². The molecular weight excluding hydrogens is 300 g/mol. The number of rotatable bonds is 4. The van der Waals surface area contributed by atoms with E-state index in [-0.39, 0.29) is 0 Å². The molecule has 1 aliphatic carbocycles. The fourth-order valence-corrected chi connectivity index (χ4v) is 3.08. The number of para-hydroxylation sites is 1. The maximum absolute atomic E-state index is 4.85. The zero-order valence-electron chi connectivity index (χ0n) is 11.4. The van der Waals surface area contributed by atoms with Crippen molar-refractivity contribution in [2.45, 2.75) is 18.7 Å². The van der Waals surface area contributed by atoms with Gasteiger partial charge in [0, 0.05) is 29.9 Å². The quantitative estimate of drug-likeness (QED) is 0.784.